The smallest absolute Gasteiger partial charge is 0.391 e. The largest absolute Gasteiger partial charge is 0.399 e. The minimum Gasteiger partial charge on any atom is -0.399 e. The van der Waals surface area contributed by atoms with E-state index in [0.717, 1.165) is 4.31 Å². The molecule has 9 heteroatoms. The van der Waals surface area contributed by atoms with E-state index in [0.29, 0.717) is 5.69 Å². The van der Waals surface area contributed by atoms with Gasteiger partial charge in [-0.05, 0) is 31.0 Å². The number of anilines is 1. The lowest BCUT2D eigenvalue weighted by Gasteiger charge is -2.32. The summed E-state index contributed by atoms with van der Waals surface area (Å²) in [6, 6.07) is 3.96. The molecule has 2 N–H and O–H groups in total. The Morgan fingerprint density at radius 3 is 2.29 bits per heavy atom. The van der Waals surface area contributed by atoms with Gasteiger partial charge in [0.25, 0.3) is 0 Å². The molecule has 0 spiro atoms. The number of nitrogen functional groups attached to an aromatic ring is 1. The summed E-state index contributed by atoms with van der Waals surface area (Å²) < 4.78 is 63.6. The first-order valence-electron chi connectivity index (χ1n) is 6.24. The Bertz CT molecular complexity index is 626. The molecule has 0 aromatic heterocycles. The molecule has 1 aromatic rings. The standard InChI is InChI=1S/C12H14ClF3N2O2S/c13-10-7-9(17)1-2-11(10)21(19,20)18-5-3-8(4-6-18)12(14,15)16/h1-2,7-8H,3-6,17H2. The van der Waals surface area contributed by atoms with Crippen molar-refractivity contribution in [2.45, 2.75) is 23.9 Å². The molecule has 21 heavy (non-hydrogen) atoms. The zero-order valence-corrected chi connectivity index (χ0v) is 12.5. The molecule has 1 heterocycles. The van der Waals surface area contributed by atoms with Gasteiger partial charge in [-0.25, -0.2) is 8.42 Å². The summed E-state index contributed by atoms with van der Waals surface area (Å²) in [5.41, 5.74) is 5.81. The van der Waals surface area contributed by atoms with E-state index in [9.17, 15) is 21.6 Å². The van der Waals surface area contributed by atoms with Gasteiger partial charge in [-0.15, -0.1) is 0 Å². The lowest BCUT2D eigenvalue weighted by Crippen LogP contribution is -2.42. The van der Waals surface area contributed by atoms with Crippen LogP contribution in [0.15, 0.2) is 23.1 Å². The maximum Gasteiger partial charge on any atom is 0.391 e. The number of piperidine rings is 1. The third kappa shape index (κ3) is 3.44. The highest BCUT2D eigenvalue weighted by Gasteiger charge is 2.43. The maximum absolute atomic E-state index is 12.6. The molecule has 1 aromatic carbocycles. The molecule has 1 aliphatic rings. The number of nitrogens with zero attached hydrogens (tertiary/aromatic N) is 1. The average molecular weight is 343 g/mol. The summed E-state index contributed by atoms with van der Waals surface area (Å²) in [5, 5.41) is -0.0343. The number of halogens is 4. The van der Waals surface area contributed by atoms with Gasteiger partial charge in [0, 0.05) is 18.8 Å². The maximum atomic E-state index is 12.6. The SMILES string of the molecule is Nc1ccc(S(=O)(=O)N2CCC(C(F)(F)F)CC2)c(Cl)c1. The van der Waals surface area contributed by atoms with Crippen LogP contribution in [0.1, 0.15) is 12.8 Å². The lowest BCUT2D eigenvalue weighted by molar-refractivity contribution is -0.182. The van der Waals surface area contributed by atoms with E-state index >= 15 is 0 Å². The van der Waals surface area contributed by atoms with E-state index in [-0.39, 0.29) is 35.8 Å². The number of hydrogen-bond acceptors (Lipinski definition) is 3. The first kappa shape index (κ1) is 16.4. The molecule has 4 nitrogen and oxygen atoms in total. The summed E-state index contributed by atoms with van der Waals surface area (Å²) in [7, 11) is -3.90. The normalized spacial score (nSPS) is 18.9. The second-order valence-corrected chi connectivity index (χ2v) is 7.22. The predicted molar refractivity (Wildman–Crippen MR) is 73.4 cm³/mol. The Morgan fingerprint density at radius 1 is 1.24 bits per heavy atom. The fourth-order valence-electron chi connectivity index (χ4n) is 2.29. The van der Waals surface area contributed by atoms with Gasteiger partial charge in [0.15, 0.2) is 0 Å². The molecule has 1 aliphatic heterocycles. The molecule has 2 rings (SSSR count). The molecular weight excluding hydrogens is 329 g/mol. The molecule has 0 bridgehead atoms. The first-order valence-corrected chi connectivity index (χ1v) is 8.06. The van der Waals surface area contributed by atoms with Gasteiger partial charge in [-0.3, -0.25) is 0 Å². The van der Waals surface area contributed by atoms with Crippen molar-refractivity contribution in [3.8, 4) is 0 Å². The van der Waals surface area contributed by atoms with E-state index < -0.39 is 22.1 Å². The summed E-state index contributed by atoms with van der Waals surface area (Å²) in [6.07, 6.45) is -4.76. The van der Waals surface area contributed by atoms with Crippen LogP contribution in [0.2, 0.25) is 5.02 Å². The number of sulfonamides is 1. The second-order valence-electron chi connectivity index (χ2n) is 4.91. The van der Waals surface area contributed by atoms with Gasteiger partial charge in [0.05, 0.1) is 10.9 Å². The molecule has 0 saturated carbocycles. The molecule has 0 radical (unpaired) electrons. The molecule has 0 amide bonds. The zero-order valence-electron chi connectivity index (χ0n) is 10.9. The molecule has 1 saturated heterocycles. The Labute approximate surface area is 125 Å². The average Bonchev–Trinajstić information content (AvgIpc) is 2.37. The highest BCUT2D eigenvalue weighted by atomic mass is 35.5. The van der Waals surface area contributed by atoms with Gasteiger partial charge < -0.3 is 5.73 Å². The Kier molecular flexibility index (Phi) is 4.41. The highest BCUT2D eigenvalue weighted by molar-refractivity contribution is 7.89. The summed E-state index contributed by atoms with van der Waals surface area (Å²) in [4.78, 5) is -0.135. The molecule has 118 valence electrons. The van der Waals surface area contributed by atoms with Crippen LogP contribution in [0.5, 0.6) is 0 Å². The Balaban J connectivity index is 2.19. The number of nitrogens with two attached hydrogens (primary N) is 1. The van der Waals surface area contributed by atoms with Crippen LogP contribution in [-0.4, -0.2) is 32.0 Å². The van der Waals surface area contributed by atoms with Crippen LogP contribution in [0.3, 0.4) is 0 Å². The van der Waals surface area contributed by atoms with Crippen LogP contribution in [-0.2, 0) is 10.0 Å². The number of hydrogen-bond donors (Lipinski definition) is 1. The van der Waals surface area contributed by atoms with E-state index in [2.05, 4.69) is 0 Å². The first-order chi connectivity index (χ1) is 9.62. The third-order valence-corrected chi connectivity index (χ3v) is 5.87. The van der Waals surface area contributed by atoms with Crippen molar-refractivity contribution in [3.63, 3.8) is 0 Å². The van der Waals surface area contributed by atoms with Gasteiger partial charge >= 0.3 is 6.18 Å². The molecule has 0 aliphatic carbocycles. The van der Waals surface area contributed by atoms with Gasteiger partial charge in [0.1, 0.15) is 4.90 Å². The summed E-state index contributed by atoms with van der Waals surface area (Å²) in [5.74, 6) is -1.45. The fourth-order valence-corrected chi connectivity index (χ4v) is 4.29. The number of benzene rings is 1. The zero-order chi connectivity index (χ0) is 15.8. The molecule has 0 atom stereocenters. The lowest BCUT2D eigenvalue weighted by atomic mass is 9.98. The predicted octanol–water partition coefficient (Wildman–Crippen LogP) is 2.89. The second kappa shape index (κ2) is 5.66. The van der Waals surface area contributed by atoms with E-state index in [1.165, 1.54) is 18.2 Å². The van der Waals surface area contributed by atoms with Crippen LogP contribution < -0.4 is 5.73 Å². The monoisotopic (exact) mass is 342 g/mol. The van der Waals surface area contributed by atoms with Crippen molar-refractivity contribution in [1.82, 2.24) is 4.31 Å². The minimum absolute atomic E-state index is 0.0343. The summed E-state index contributed by atoms with van der Waals surface area (Å²) in [6.45, 7) is -0.347. The van der Waals surface area contributed by atoms with Crippen LogP contribution >= 0.6 is 11.6 Å². The van der Waals surface area contributed by atoms with Crippen molar-refractivity contribution in [2.24, 2.45) is 5.92 Å². The van der Waals surface area contributed by atoms with Gasteiger partial charge in [-0.2, -0.15) is 17.5 Å². The quantitative estimate of drug-likeness (QED) is 0.840. The molecule has 1 fully saturated rings. The van der Waals surface area contributed by atoms with Crippen molar-refractivity contribution in [2.75, 3.05) is 18.8 Å². The van der Waals surface area contributed by atoms with E-state index in [1.807, 2.05) is 0 Å². The van der Waals surface area contributed by atoms with Gasteiger partial charge in [-0.1, -0.05) is 11.6 Å². The van der Waals surface area contributed by atoms with Gasteiger partial charge in [0.2, 0.25) is 10.0 Å². The van der Waals surface area contributed by atoms with Crippen molar-refractivity contribution in [3.05, 3.63) is 23.2 Å². The van der Waals surface area contributed by atoms with Crippen molar-refractivity contribution < 1.29 is 21.6 Å². The van der Waals surface area contributed by atoms with Crippen molar-refractivity contribution in [1.29, 1.82) is 0 Å². The Morgan fingerprint density at radius 2 is 1.81 bits per heavy atom. The number of rotatable bonds is 2. The van der Waals surface area contributed by atoms with Crippen LogP contribution in [0.25, 0.3) is 0 Å². The Hall–Kier alpha value is -0.990. The van der Waals surface area contributed by atoms with Crippen LogP contribution in [0.4, 0.5) is 18.9 Å². The number of alkyl halides is 3. The van der Waals surface area contributed by atoms with E-state index in [1.54, 1.807) is 0 Å². The molecular formula is C12H14ClF3N2O2S. The third-order valence-electron chi connectivity index (χ3n) is 3.49. The highest BCUT2D eigenvalue weighted by Crippen LogP contribution is 2.36. The summed E-state index contributed by atoms with van der Waals surface area (Å²) >= 11 is 5.87. The van der Waals surface area contributed by atoms with Crippen molar-refractivity contribution >= 4 is 27.3 Å². The van der Waals surface area contributed by atoms with Crippen LogP contribution in [0, 0.1) is 5.92 Å². The fraction of sp³-hybridized carbons (Fsp3) is 0.500. The topological polar surface area (TPSA) is 63.4 Å². The van der Waals surface area contributed by atoms with E-state index in [4.69, 9.17) is 17.3 Å². The molecule has 0 unspecified atom stereocenters. The minimum atomic E-state index is -4.28.